The number of rotatable bonds is 10. The Morgan fingerprint density at radius 1 is 1.13 bits per heavy atom. The van der Waals surface area contributed by atoms with Gasteiger partial charge in [-0.15, -0.1) is 11.3 Å². The smallest absolute Gasteiger partial charge is 0.161 e. The highest BCUT2D eigenvalue weighted by atomic mass is 32.1. The number of aryl methyl sites for hydroxylation is 1. The molecule has 0 saturated carbocycles. The lowest BCUT2D eigenvalue weighted by Crippen LogP contribution is -2.37. The number of hydrogen-bond acceptors (Lipinski definition) is 7. The topological polar surface area (TPSA) is 58.1 Å². The van der Waals surface area contributed by atoms with Crippen molar-refractivity contribution in [1.82, 2.24) is 14.8 Å². The van der Waals surface area contributed by atoms with Crippen molar-refractivity contribution in [2.75, 3.05) is 40.4 Å². The molecule has 172 valence electrons. The van der Waals surface area contributed by atoms with Crippen molar-refractivity contribution in [2.45, 2.75) is 58.2 Å². The third-order valence-corrected chi connectivity index (χ3v) is 6.55. The average Bonchev–Trinajstić information content (AvgIpc) is 3.13. The minimum atomic E-state index is -0.503. The Kier molecular flexibility index (Phi) is 9.58. The zero-order valence-electron chi connectivity index (χ0n) is 19.2. The number of aliphatic hydroxyl groups is 1. The van der Waals surface area contributed by atoms with Gasteiger partial charge in [-0.1, -0.05) is 25.3 Å². The van der Waals surface area contributed by atoms with Crippen molar-refractivity contribution in [3.63, 3.8) is 0 Å². The van der Waals surface area contributed by atoms with Gasteiger partial charge in [-0.2, -0.15) is 0 Å². The lowest BCUT2D eigenvalue weighted by atomic mass is 10.1. The normalized spacial score (nSPS) is 16.7. The van der Waals surface area contributed by atoms with Crippen LogP contribution >= 0.6 is 11.3 Å². The molecule has 2 heterocycles. The van der Waals surface area contributed by atoms with Gasteiger partial charge in [-0.3, -0.25) is 4.90 Å². The Bertz CT molecular complexity index is 790. The van der Waals surface area contributed by atoms with Crippen LogP contribution in [-0.2, 0) is 13.1 Å². The highest BCUT2D eigenvalue weighted by molar-refractivity contribution is 7.09. The van der Waals surface area contributed by atoms with E-state index in [1.165, 1.54) is 32.1 Å². The van der Waals surface area contributed by atoms with Crippen LogP contribution in [0.15, 0.2) is 23.6 Å². The van der Waals surface area contributed by atoms with E-state index in [0.717, 1.165) is 42.4 Å². The molecule has 1 saturated heterocycles. The number of nitrogens with zero attached hydrogens (tertiary/aromatic N) is 3. The average molecular weight is 448 g/mol. The maximum absolute atomic E-state index is 10.5. The van der Waals surface area contributed by atoms with Gasteiger partial charge < -0.3 is 19.5 Å². The third kappa shape index (κ3) is 8.07. The highest BCUT2D eigenvalue weighted by Crippen LogP contribution is 2.29. The summed E-state index contributed by atoms with van der Waals surface area (Å²) < 4.78 is 11.5. The van der Waals surface area contributed by atoms with Crippen LogP contribution in [0.2, 0.25) is 0 Å². The molecule has 2 aromatic rings. The number of benzene rings is 1. The lowest BCUT2D eigenvalue weighted by Gasteiger charge is -2.26. The fourth-order valence-corrected chi connectivity index (χ4v) is 4.89. The number of methoxy groups -OCH3 is 1. The van der Waals surface area contributed by atoms with Gasteiger partial charge in [-0.25, -0.2) is 4.98 Å². The minimum absolute atomic E-state index is 0.273. The first-order valence-electron chi connectivity index (χ1n) is 11.3. The monoisotopic (exact) mass is 447 g/mol. The van der Waals surface area contributed by atoms with Gasteiger partial charge in [0, 0.05) is 24.2 Å². The second-order valence-electron chi connectivity index (χ2n) is 8.57. The number of aliphatic hydroxyl groups excluding tert-OH is 1. The summed E-state index contributed by atoms with van der Waals surface area (Å²) in [6, 6.07) is 6.02. The number of β-amino-alcohol motifs (C(OH)–C–C–N with tert-alkyl or cyclic N) is 1. The van der Waals surface area contributed by atoms with E-state index in [-0.39, 0.29) is 6.61 Å². The van der Waals surface area contributed by atoms with E-state index in [4.69, 9.17) is 9.47 Å². The fourth-order valence-electron chi connectivity index (χ4n) is 4.04. The van der Waals surface area contributed by atoms with Crippen LogP contribution in [0.4, 0.5) is 0 Å². The van der Waals surface area contributed by atoms with E-state index < -0.39 is 6.10 Å². The van der Waals surface area contributed by atoms with Crippen LogP contribution in [0.25, 0.3) is 0 Å². The SMILES string of the molecule is COc1cc(CN(C)Cc2nc(C)cs2)ccc1OCC(O)CN1CCCCCCC1. The van der Waals surface area contributed by atoms with Crippen LogP contribution in [0.5, 0.6) is 11.5 Å². The molecule has 1 N–H and O–H groups in total. The predicted molar refractivity (Wildman–Crippen MR) is 126 cm³/mol. The van der Waals surface area contributed by atoms with Crippen molar-refractivity contribution in [3.05, 3.63) is 39.8 Å². The number of aromatic nitrogens is 1. The van der Waals surface area contributed by atoms with Crippen LogP contribution < -0.4 is 9.47 Å². The molecule has 0 amide bonds. The molecule has 1 aliphatic rings. The van der Waals surface area contributed by atoms with E-state index in [1.54, 1.807) is 18.4 Å². The molecule has 1 atom stereocenters. The zero-order chi connectivity index (χ0) is 22.1. The van der Waals surface area contributed by atoms with E-state index in [9.17, 15) is 5.11 Å². The largest absolute Gasteiger partial charge is 0.493 e. The number of ether oxygens (including phenoxy) is 2. The molecular formula is C24H37N3O3S. The molecule has 31 heavy (non-hydrogen) atoms. The van der Waals surface area contributed by atoms with Gasteiger partial charge in [0.15, 0.2) is 11.5 Å². The van der Waals surface area contributed by atoms with Gasteiger partial charge in [0.05, 0.1) is 13.7 Å². The van der Waals surface area contributed by atoms with Gasteiger partial charge in [0.25, 0.3) is 0 Å². The summed E-state index contributed by atoms with van der Waals surface area (Å²) in [5.74, 6) is 1.38. The Hall–Kier alpha value is -1.67. The summed E-state index contributed by atoms with van der Waals surface area (Å²) in [5, 5.41) is 13.7. The van der Waals surface area contributed by atoms with Crippen LogP contribution in [0.3, 0.4) is 0 Å². The molecule has 6 nitrogen and oxygen atoms in total. The lowest BCUT2D eigenvalue weighted by molar-refractivity contribution is 0.0645. The van der Waals surface area contributed by atoms with Gasteiger partial charge in [0.2, 0.25) is 0 Å². The molecule has 0 bridgehead atoms. The number of hydrogen-bond donors (Lipinski definition) is 1. The first kappa shape index (κ1) is 24.0. The van der Waals surface area contributed by atoms with E-state index in [0.29, 0.717) is 18.0 Å². The number of thiazole rings is 1. The molecule has 1 aromatic carbocycles. The first-order valence-corrected chi connectivity index (χ1v) is 12.2. The molecule has 7 heteroatoms. The molecule has 0 radical (unpaired) electrons. The highest BCUT2D eigenvalue weighted by Gasteiger charge is 2.15. The van der Waals surface area contributed by atoms with Crippen molar-refractivity contribution >= 4 is 11.3 Å². The first-order chi connectivity index (χ1) is 15.0. The summed E-state index contributed by atoms with van der Waals surface area (Å²) in [7, 11) is 3.75. The summed E-state index contributed by atoms with van der Waals surface area (Å²) in [4.78, 5) is 9.14. The zero-order valence-corrected chi connectivity index (χ0v) is 20.0. The van der Waals surface area contributed by atoms with E-state index in [1.807, 2.05) is 19.1 Å². The molecular weight excluding hydrogens is 410 g/mol. The van der Waals surface area contributed by atoms with Crippen LogP contribution in [0.1, 0.15) is 48.4 Å². The Labute approximate surface area is 190 Å². The maximum atomic E-state index is 10.5. The van der Waals surface area contributed by atoms with Crippen LogP contribution in [0, 0.1) is 6.92 Å². The van der Waals surface area contributed by atoms with Gasteiger partial charge >= 0.3 is 0 Å². The summed E-state index contributed by atoms with van der Waals surface area (Å²) in [5.41, 5.74) is 2.23. The molecule has 0 aliphatic carbocycles. The quantitative estimate of drug-likeness (QED) is 0.592. The minimum Gasteiger partial charge on any atom is -0.493 e. The van der Waals surface area contributed by atoms with Crippen LogP contribution in [-0.4, -0.2) is 66.4 Å². The molecule has 1 unspecified atom stereocenters. The molecule has 1 aromatic heterocycles. The molecule has 1 fully saturated rings. The van der Waals surface area contributed by atoms with Crippen molar-refractivity contribution in [1.29, 1.82) is 0 Å². The van der Waals surface area contributed by atoms with Gasteiger partial charge in [-0.05, 0) is 57.6 Å². The standard InChI is InChI=1S/C24H37N3O3S/c1-19-18-31-24(25-19)16-26(2)14-20-9-10-22(23(13-20)29-3)30-17-21(28)15-27-11-7-5-4-6-8-12-27/h9-10,13,18,21,28H,4-8,11-12,14-17H2,1-3H3. The summed E-state index contributed by atoms with van der Waals surface area (Å²) >= 11 is 1.70. The van der Waals surface area contributed by atoms with Crippen molar-refractivity contribution in [3.8, 4) is 11.5 Å². The molecule has 3 rings (SSSR count). The summed E-state index contributed by atoms with van der Waals surface area (Å²) in [6.45, 7) is 6.73. The Morgan fingerprint density at radius 2 is 1.87 bits per heavy atom. The van der Waals surface area contributed by atoms with Gasteiger partial charge in [0.1, 0.15) is 17.7 Å². The predicted octanol–water partition coefficient (Wildman–Crippen LogP) is 4.10. The number of likely N-dealkylation sites (tertiary alicyclic amines) is 1. The Morgan fingerprint density at radius 3 is 2.55 bits per heavy atom. The second-order valence-corrected chi connectivity index (χ2v) is 9.52. The second kappa shape index (κ2) is 12.4. The van der Waals surface area contributed by atoms with Crippen molar-refractivity contribution in [2.24, 2.45) is 0 Å². The molecule has 1 aliphatic heterocycles. The summed E-state index contributed by atoms with van der Waals surface area (Å²) in [6.07, 6.45) is 5.88. The maximum Gasteiger partial charge on any atom is 0.161 e. The fraction of sp³-hybridized carbons (Fsp3) is 0.625. The van der Waals surface area contributed by atoms with Crippen molar-refractivity contribution < 1.29 is 14.6 Å². The third-order valence-electron chi connectivity index (χ3n) is 5.60. The Balaban J connectivity index is 1.49. The van der Waals surface area contributed by atoms with E-state index >= 15 is 0 Å². The van der Waals surface area contributed by atoms with E-state index in [2.05, 4.69) is 33.3 Å². The molecule has 0 spiro atoms.